The van der Waals surface area contributed by atoms with Crippen LogP contribution in [-0.4, -0.2) is 42.4 Å². The molecule has 0 amide bonds. The number of benzene rings is 1. The minimum Gasteiger partial charge on any atom is -0.366 e. The monoisotopic (exact) mass is 250 g/mol. The predicted octanol–water partition coefficient (Wildman–Crippen LogP) is 0.585. The minimum atomic E-state index is -0.850. The summed E-state index contributed by atoms with van der Waals surface area (Å²) in [6.07, 6.45) is -1.93. The highest BCUT2D eigenvalue weighted by atomic mass is 16.8. The fourth-order valence-corrected chi connectivity index (χ4v) is 2.62. The van der Waals surface area contributed by atoms with E-state index in [1.807, 2.05) is 30.3 Å². The predicted molar refractivity (Wildman–Crippen MR) is 59.5 cm³/mol. The van der Waals surface area contributed by atoms with E-state index in [1.54, 1.807) is 0 Å². The number of aliphatic hydroxyl groups excluding tert-OH is 1. The number of epoxide rings is 1. The average Bonchev–Trinajstić information content (AvgIpc) is 3.21. The van der Waals surface area contributed by atoms with E-state index < -0.39 is 6.29 Å². The Morgan fingerprint density at radius 1 is 0.944 bits per heavy atom. The molecule has 6 atom stereocenters. The molecule has 3 heterocycles. The second-order valence-electron chi connectivity index (χ2n) is 4.81. The molecule has 0 spiro atoms. The van der Waals surface area contributed by atoms with E-state index in [-0.39, 0.29) is 30.7 Å². The van der Waals surface area contributed by atoms with Gasteiger partial charge in [0.1, 0.15) is 24.4 Å². The van der Waals surface area contributed by atoms with E-state index in [2.05, 4.69) is 0 Å². The maximum Gasteiger partial charge on any atom is 0.184 e. The molecular weight excluding hydrogens is 236 g/mol. The SMILES string of the molecule is O[C@H]1O[C@@H]2CO[C@@H](c3ccccc3)O[C@H]2[C@@H]2O[C@@H]21. The lowest BCUT2D eigenvalue weighted by Crippen LogP contribution is -2.52. The van der Waals surface area contributed by atoms with Gasteiger partial charge in [-0.3, -0.25) is 0 Å². The molecule has 4 rings (SSSR count). The van der Waals surface area contributed by atoms with Crippen molar-refractivity contribution in [3.63, 3.8) is 0 Å². The molecule has 5 nitrogen and oxygen atoms in total. The van der Waals surface area contributed by atoms with Gasteiger partial charge in [-0.15, -0.1) is 0 Å². The minimum absolute atomic E-state index is 0.0612. The summed E-state index contributed by atoms with van der Waals surface area (Å²) >= 11 is 0. The third-order valence-corrected chi connectivity index (χ3v) is 3.61. The number of rotatable bonds is 1. The highest BCUT2D eigenvalue weighted by Crippen LogP contribution is 2.42. The highest BCUT2D eigenvalue weighted by Gasteiger charge is 2.60. The van der Waals surface area contributed by atoms with Crippen LogP contribution in [0.2, 0.25) is 0 Å². The van der Waals surface area contributed by atoms with Crippen molar-refractivity contribution in [1.82, 2.24) is 0 Å². The van der Waals surface area contributed by atoms with Crippen LogP contribution in [0.3, 0.4) is 0 Å². The molecule has 0 radical (unpaired) electrons. The fourth-order valence-electron chi connectivity index (χ4n) is 2.62. The first kappa shape index (κ1) is 10.9. The van der Waals surface area contributed by atoms with Gasteiger partial charge in [0, 0.05) is 5.56 Å². The van der Waals surface area contributed by atoms with Crippen molar-refractivity contribution in [3.8, 4) is 0 Å². The Hall–Kier alpha value is -0.980. The number of fused-ring (bicyclic) bond motifs is 3. The molecule has 5 heteroatoms. The zero-order valence-corrected chi connectivity index (χ0v) is 9.64. The molecule has 0 aliphatic carbocycles. The quantitative estimate of drug-likeness (QED) is 0.739. The third-order valence-electron chi connectivity index (χ3n) is 3.61. The van der Waals surface area contributed by atoms with E-state index in [4.69, 9.17) is 18.9 Å². The summed E-state index contributed by atoms with van der Waals surface area (Å²) in [5.74, 6) is 0. The molecule has 3 saturated heterocycles. The molecule has 1 N–H and O–H groups in total. The van der Waals surface area contributed by atoms with E-state index >= 15 is 0 Å². The van der Waals surface area contributed by atoms with E-state index in [9.17, 15) is 5.11 Å². The van der Waals surface area contributed by atoms with Gasteiger partial charge in [0.25, 0.3) is 0 Å². The van der Waals surface area contributed by atoms with Crippen LogP contribution < -0.4 is 0 Å². The summed E-state index contributed by atoms with van der Waals surface area (Å²) in [7, 11) is 0. The van der Waals surface area contributed by atoms with E-state index in [0.29, 0.717) is 6.61 Å². The summed E-state index contributed by atoms with van der Waals surface area (Å²) in [6, 6.07) is 9.79. The Balaban J connectivity index is 1.52. The summed E-state index contributed by atoms with van der Waals surface area (Å²) in [5, 5.41) is 9.58. The Labute approximate surface area is 104 Å². The van der Waals surface area contributed by atoms with Gasteiger partial charge in [-0.05, 0) is 0 Å². The van der Waals surface area contributed by atoms with Crippen molar-refractivity contribution in [2.24, 2.45) is 0 Å². The average molecular weight is 250 g/mol. The van der Waals surface area contributed by atoms with Crippen LogP contribution in [0.15, 0.2) is 30.3 Å². The maximum atomic E-state index is 9.58. The number of aliphatic hydroxyl groups is 1. The third kappa shape index (κ3) is 1.67. The van der Waals surface area contributed by atoms with Crippen molar-refractivity contribution < 1.29 is 24.1 Å². The summed E-state index contributed by atoms with van der Waals surface area (Å²) in [6.45, 7) is 0.411. The Bertz CT molecular complexity index is 436. The molecule has 0 bridgehead atoms. The first-order valence-electron chi connectivity index (χ1n) is 6.14. The first-order valence-corrected chi connectivity index (χ1v) is 6.14. The van der Waals surface area contributed by atoms with Gasteiger partial charge in [0.15, 0.2) is 12.6 Å². The normalized spacial score (nSPS) is 46.1. The first-order chi connectivity index (χ1) is 8.83. The smallest absolute Gasteiger partial charge is 0.184 e. The van der Waals surface area contributed by atoms with Crippen LogP contribution in [0.1, 0.15) is 11.9 Å². The topological polar surface area (TPSA) is 60.5 Å². The number of hydrogen-bond donors (Lipinski definition) is 1. The molecule has 3 fully saturated rings. The molecule has 3 aliphatic rings. The Morgan fingerprint density at radius 3 is 2.61 bits per heavy atom. The van der Waals surface area contributed by atoms with Crippen LogP contribution in [0.5, 0.6) is 0 Å². The molecule has 0 saturated carbocycles. The molecule has 18 heavy (non-hydrogen) atoms. The molecule has 0 aromatic heterocycles. The zero-order valence-electron chi connectivity index (χ0n) is 9.64. The standard InChI is InChI=1S/C13H14O5/c14-12-11-10(17-11)9-8(16-12)6-15-13(18-9)7-4-2-1-3-5-7/h1-5,8-14H,6H2/t8-,9-,10+,11+,12+,13-/m1/s1. The van der Waals surface area contributed by atoms with Crippen LogP contribution in [0.4, 0.5) is 0 Å². The van der Waals surface area contributed by atoms with Gasteiger partial charge in [-0.2, -0.15) is 0 Å². The van der Waals surface area contributed by atoms with Gasteiger partial charge in [-0.25, -0.2) is 0 Å². The highest BCUT2D eigenvalue weighted by molar-refractivity contribution is 5.17. The maximum absolute atomic E-state index is 9.58. The lowest BCUT2D eigenvalue weighted by molar-refractivity contribution is -0.301. The van der Waals surface area contributed by atoms with E-state index in [0.717, 1.165) is 5.56 Å². The van der Waals surface area contributed by atoms with Gasteiger partial charge in [-0.1, -0.05) is 30.3 Å². The number of ether oxygens (including phenoxy) is 4. The van der Waals surface area contributed by atoms with Gasteiger partial charge in [0.05, 0.1) is 6.61 Å². The molecular formula is C13H14O5. The van der Waals surface area contributed by atoms with Gasteiger partial charge in [0.2, 0.25) is 0 Å². The lowest BCUT2D eigenvalue weighted by atomic mass is 10.0. The Kier molecular flexibility index (Phi) is 2.43. The lowest BCUT2D eigenvalue weighted by Gasteiger charge is -2.38. The van der Waals surface area contributed by atoms with Crippen molar-refractivity contribution in [2.75, 3.05) is 6.61 Å². The summed E-state index contributed by atoms with van der Waals surface area (Å²) in [5.41, 5.74) is 0.985. The second-order valence-corrected chi connectivity index (χ2v) is 4.81. The van der Waals surface area contributed by atoms with Crippen LogP contribution >= 0.6 is 0 Å². The van der Waals surface area contributed by atoms with Crippen molar-refractivity contribution in [3.05, 3.63) is 35.9 Å². The summed E-state index contributed by atoms with van der Waals surface area (Å²) in [4.78, 5) is 0. The van der Waals surface area contributed by atoms with Gasteiger partial charge < -0.3 is 24.1 Å². The van der Waals surface area contributed by atoms with Crippen molar-refractivity contribution >= 4 is 0 Å². The molecule has 1 aromatic carbocycles. The molecule has 3 aliphatic heterocycles. The second kappa shape index (κ2) is 4.01. The van der Waals surface area contributed by atoms with Crippen molar-refractivity contribution in [2.45, 2.75) is 37.0 Å². The largest absolute Gasteiger partial charge is 0.366 e. The van der Waals surface area contributed by atoms with Crippen LogP contribution in [0, 0.1) is 0 Å². The van der Waals surface area contributed by atoms with Gasteiger partial charge >= 0.3 is 0 Å². The van der Waals surface area contributed by atoms with Crippen LogP contribution in [0.25, 0.3) is 0 Å². The van der Waals surface area contributed by atoms with Crippen molar-refractivity contribution in [1.29, 1.82) is 0 Å². The summed E-state index contributed by atoms with van der Waals surface area (Å²) < 4.78 is 22.3. The molecule has 1 aromatic rings. The molecule has 0 unspecified atom stereocenters. The Morgan fingerprint density at radius 2 is 1.78 bits per heavy atom. The molecule has 96 valence electrons. The number of hydrogen-bond acceptors (Lipinski definition) is 5. The fraction of sp³-hybridized carbons (Fsp3) is 0.538. The zero-order chi connectivity index (χ0) is 12.1. The van der Waals surface area contributed by atoms with Crippen LogP contribution in [-0.2, 0) is 18.9 Å². The van der Waals surface area contributed by atoms with E-state index in [1.165, 1.54) is 0 Å².